The molecule has 0 spiro atoms. The van der Waals surface area contributed by atoms with Gasteiger partial charge < -0.3 is 5.73 Å². The second kappa shape index (κ2) is 6.89. The van der Waals surface area contributed by atoms with E-state index in [2.05, 4.69) is 24.8 Å². The van der Waals surface area contributed by atoms with E-state index in [1.54, 1.807) is 0 Å². The molecular formula is C13H21ClN2. The molecule has 1 atom stereocenters. The maximum atomic E-state index is 6.22. The Morgan fingerprint density at radius 2 is 2.00 bits per heavy atom. The molecule has 0 radical (unpaired) electrons. The third-order valence-electron chi connectivity index (χ3n) is 2.85. The van der Waals surface area contributed by atoms with Crippen LogP contribution in [0.4, 0.5) is 0 Å². The predicted octanol–water partition coefficient (Wildman–Crippen LogP) is 3.07. The molecule has 2 nitrogen and oxygen atoms in total. The summed E-state index contributed by atoms with van der Waals surface area (Å²) in [6.45, 7) is 7.01. The van der Waals surface area contributed by atoms with Crippen molar-refractivity contribution in [2.45, 2.75) is 26.3 Å². The van der Waals surface area contributed by atoms with Crippen molar-refractivity contribution in [3.05, 3.63) is 34.9 Å². The molecule has 0 bridgehead atoms. The van der Waals surface area contributed by atoms with E-state index in [9.17, 15) is 0 Å². The summed E-state index contributed by atoms with van der Waals surface area (Å²) in [6.07, 6.45) is 1.13. The van der Waals surface area contributed by atoms with Crippen molar-refractivity contribution in [2.24, 2.45) is 5.73 Å². The fourth-order valence-electron chi connectivity index (χ4n) is 2.04. The zero-order valence-electron chi connectivity index (χ0n) is 10.1. The van der Waals surface area contributed by atoms with Crippen molar-refractivity contribution in [3.8, 4) is 0 Å². The van der Waals surface area contributed by atoms with Gasteiger partial charge in [-0.05, 0) is 31.1 Å². The molecule has 0 amide bonds. The Bertz CT molecular complexity index is 315. The van der Waals surface area contributed by atoms with Gasteiger partial charge in [-0.3, -0.25) is 4.90 Å². The average molecular weight is 241 g/mol. The molecule has 0 aliphatic rings. The van der Waals surface area contributed by atoms with E-state index in [0.29, 0.717) is 6.54 Å². The summed E-state index contributed by atoms with van der Waals surface area (Å²) in [6, 6.07) is 8.20. The van der Waals surface area contributed by atoms with Crippen LogP contribution in [0.15, 0.2) is 24.3 Å². The van der Waals surface area contributed by atoms with Crippen molar-refractivity contribution in [3.63, 3.8) is 0 Å². The standard InChI is InChI=1S/C13H21ClN2/c1-3-9-16(4-2)13(10-15)11-7-5-6-8-12(11)14/h5-8,13H,3-4,9-10,15H2,1-2H3. The summed E-state index contributed by atoms with van der Waals surface area (Å²) in [4.78, 5) is 2.38. The molecule has 16 heavy (non-hydrogen) atoms. The maximum absolute atomic E-state index is 6.22. The first-order valence-corrected chi connectivity index (χ1v) is 6.30. The first-order valence-electron chi connectivity index (χ1n) is 5.93. The van der Waals surface area contributed by atoms with Crippen molar-refractivity contribution in [2.75, 3.05) is 19.6 Å². The molecule has 0 aliphatic heterocycles. The summed E-state index contributed by atoms with van der Waals surface area (Å²) >= 11 is 6.22. The van der Waals surface area contributed by atoms with Crippen molar-refractivity contribution in [1.29, 1.82) is 0 Å². The van der Waals surface area contributed by atoms with Crippen molar-refractivity contribution < 1.29 is 0 Å². The topological polar surface area (TPSA) is 29.3 Å². The second-order valence-electron chi connectivity index (χ2n) is 3.90. The zero-order chi connectivity index (χ0) is 12.0. The summed E-state index contributed by atoms with van der Waals surface area (Å²) in [5.74, 6) is 0. The van der Waals surface area contributed by atoms with Crippen LogP contribution in [-0.4, -0.2) is 24.5 Å². The van der Waals surface area contributed by atoms with Gasteiger partial charge in [-0.2, -0.15) is 0 Å². The number of nitrogens with two attached hydrogens (primary N) is 1. The number of hydrogen-bond acceptors (Lipinski definition) is 2. The Balaban J connectivity index is 2.92. The molecule has 1 aromatic rings. The fourth-order valence-corrected chi connectivity index (χ4v) is 2.30. The molecule has 0 aliphatic carbocycles. The third kappa shape index (κ3) is 3.21. The van der Waals surface area contributed by atoms with Gasteiger partial charge >= 0.3 is 0 Å². The monoisotopic (exact) mass is 240 g/mol. The van der Waals surface area contributed by atoms with Gasteiger partial charge in [-0.15, -0.1) is 0 Å². The lowest BCUT2D eigenvalue weighted by Gasteiger charge is -2.30. The van der Waals surface area contributed by atoms with E-state index in [0.717, 1.165) is 30.1 Å². The van der Waals surface area contributed by atoms with Crippen molar-refractivity contribution >= 4 is 11.6 Å². The molecule has 0 aromatic heterocycles. The number of likely N-dealkylation sites (N-methyl/N-ethyl adjacent to an activating group) is 1. The molecule has 1 unspecified atom stereocenters. The molecule has 0 saturated heterocycles. The lowest BCUT2D eigenvalue weighted by Crippen LogP contribution is -2.34. The lowest BCUT2D eigenvalue weighted by molar-refractivity contribution is 0.213. The zero-order valence-corrected chi connectivity index (χ0v) is 10.9. The van der Waals surface area contributed by atoms with Crippen LogP contribution in [0.2, 0.25) is 5.02 Å². The normalized spacial score (nSPS) is 13.1. The largest absolute Gasteiger partial charge is 0.329 e. The molecule has 2 N–H and O–H groups in total. The third-order valence-corrected chi connectivity index (χ3v) is 3.19. The SMILES string of the molecule is CCCN(CC)C(CN)c1ccccc1Cl. The van der Waals surface area contributed by atoms with Gasteiger partial charge in [0.15, 0.2) is 0 Å². The van der Waals surface area contributed by atoms with E-state index in [4.69, 9.17) is 17.3 Å². The van der Waals surface area contributed by atoms with Crippen LogP contribution >= 0.6 is 11.6 Å². The van der Waals surface area contributed by atoms with Crippen LogP contribution in [0, 0.1) is 0 Å². The minimum atomic E-state index is 0.235. The quantitative estimate of drug-likeness (QED) is 0.828. The average Bonchev–Trinajstić information content (AvgIpc) is 2.31. The highest BCUT2D eigenvalue weighted by molar-refractivity contribution is 6.31. The van der Waals surface area contributed by atoms with E-state index < -0.39 is 0 Å². The van der Waals surface area contributed by atoms with E-state index >= 15 is 0 Å². The Hall–Kier alpha value is -0.570. The molecule has 1 aromatic carbocycles. The minimum absolute atomic E-state index is 0.235. The van der Waals surface area contributed by atoms with Crippen LogP contribution in [0.25, 0.3) is 0 Å². The summed E-state index contributed by atoms with van der Waals surface area (Å²) in [7, 11) is 0. The van der Waals surface area contributed by atoms with Gasteiger partial charge in [0.2, 0.25) is 0 Å². The van der Waals surface area contributed by atoms with Gasteiger partial charge in [0.1, 0.15) is 0 Å². The lowest BCUT2D eigenvalue weighted by atomic mass is 10.0. The van der Waals surface area contributed by atoms with Crippen LogP contribution in [0.5, 0.6) is 0 Å². The van der Waals surface area contributed by atoms with E-state index in [-0.39, 0.29) is 6.04 Å². The number of halogens is 1. The first kappa shape index (κ1) is 13.5. The second-order valence-corrected chi connectivity index (χ2v) is 4.31. The Labute approximate surface area is 103 Å². The molecule has 0 heterocycles. The van der Waals surface area contributed by atoms with Crippen LogP contribution in [0.3, 0.4) is 0 Å². The highest BCUT2D eigenvalue weighted by Crippen LogP contribution is 2.26. The van der Waals surface area contributed by atoms with Gasteiger partial charge in [0.25, 0.3) is 0 Å². The number of rotatable bonds is 6. The highest BCUT2D eigenvalue weighted by Gasteiger charge is 2.18. The fraction of sp³-hybridized carbons (Fsp3) is 0.538. The number of benzene rings is 1. The van der Waals surface area contributed by atoms with Gasteiger partial charge in [-0.1, -0.05) is 43.6 Å². The molecular weight excluding hydrogens is 220 g/mol. The molecule has 0 fully saturated rings. The predicted molar refractivity (Wildman–Crippen MR) is 70.8 cm³/mol. The summed E-state index contributed by atoms with van der Waals surface area (Å²) in [5.41, 5.74) is 7.02. The molecule has 3 heteroatoms. The number of hydrogen-bond donors (Lipinski definition) is 1. The first-order chi connectivity index (χ1) is 7.74. The van der Waals surface area contributed by atoms with Crippen LogP contribution in [0.1, 0.15) is 31.9 Å². The summed E-state index contributed by atoms with van der Waals surface area (Å²) < 4.78 is 0. The maximum Gasteiger partial charge on any atom is 0.0485 e. The van der Waals surface area contributed by atoms with Crippen LogP contribution in [-0.2, 0) is 0 Å². The number of nitrogens with zero attached hydrogens (tertiary/aromatic N) is 1. The molecule has 1 rings (SSSR count). The van der Waals surface area contributed by atoms with Crippen molar-refractivity contribution in [1.82, 2.24) is 4.90 Å². The molecule has 90 valence electrons. The van der Waals surface area contributed by atoms with E-state index in [1.807, 2.05) is 18.2 Å². The Morgan fingerprint density at radius 3 is 2.50 bits per heavy atom. The smallest absolute Gasteiger partial charge is 0.0485 e. The van der Waals surface area contributed by atoms with Gasteiger partial charge in [0, 0.05) is 17.6 Å². The van der Waals surface area contributed by atoms with Crippen LogP contribution < -0.4 is 5.73 Å². The van der Waals surface area contributed by atoms with E-state index in [1.165, 1.54) is 0 Å². The Morgan fingerprint density at radius 1 is 1.31 bits per heavy atom. The summed E-state index contributed by atoms with van der Waals surface area (Å²) in [5, 5.41) is 0.813. The Kier molecular flexibility index (Phi) is 5.81. The highest BCUT2D eigenvalue weighted by atomic mass is 35.5. The minimum Gasteiger partial charge on any atom is -0.329 e. The van der Waals surface area contributed by atoms with Gasteiger partial charge in [-0.25, -0.2) is 0 Å². The van der Waals surface area contributed by atoms with Gasteiger partial charge in [0.05, 0.1) is 0 Å². The molecule has 0 saturated carbocycles.